The van der Waals surface area contributed by atoms with Crippen LogP contribution in [0, 0.1) is 0 Å². The number of hydrogen-bond acceptors (Lipinski definition) is 6. The van der Waals surface area contributed by atoms with Crippen molar-refractivity contribution in [1.29, 1.82) is 0 Å². The minimum absolute atomic E-state index is 0.262. The fraction of sp³-hybridized carbons (Fsp3) is 0.136. The first-order valence-electron chi connectivity index (χ1n) is 9.61. The molecule has 4 rings (SSSR count). The molecule has 0 atom stereocenters. The molecule has 2 aromatic heterocycles. The van der Waals surface area contributed by atoms with E-state index < -0.39 is 15.1 Å². The molecule has 4 aromatic rings. The second-order valence-electron chi connectivity index (χ2n) is 7.35. The molecule has 0 aliphatic carbocycles. The minimum Gasteiger partial charge on any atom is -0.399 e. The molecule has 0 fully saturated rings. The Kier molecular flexibility index (Phi) is 5.20. The quantitative estimate of drug-likeness (QED) is 0.410. The summed E-state index contributed by atoms with van der Waals surface area (Å²) in [5, 5.41) is 2.33. The van der Waals surface area contributed by atoms with Crippen LogP contribution in [0.3, 0.4) is 0 Å². The van der Waals surface area contributed by atoms with Crippen LogP contribution in [-0.4, -0.2) is 34.5 Å². The SMILES string of the molecule is CC(C)S(=O)(=O)c1ccc(-c2cnc3[nH]cc(NC(=O)c4ccc(N)cc4)c3n2)cc1. The number of rotatable bonds is 5. The Morgan fingerprint density at radius 3 is 2.39 bits per heavy atom. The number of carbonyl (C=O) groups is 1. The molecule has 2 aromatic carbocycles. The highest BCUT2D eigenvalue weighted by molar-refractivity contribution is 7.92. The first-order chi connectivity index (χ1) is 14.8. The first kappa shape index (κ1) is 20.5. The summed E-state index contributed by atoms with van der Waals surface area (Å²) in [7, 11) is -3.35. The van der Waals surface area contributed by atoms with E-state index in [4.69, 9.17) is 5.73 Å². The summed E-state index contributed by atoms with van der Waals surface area (Å²) in [6, 6.07) is 13.1. The van der Waals surface area contributed by atoms with Crippen molar-refractivity contribution < 1.29 is 13.2 Å². The lowest BCUT2D eigenvalue weighted by molar-refractivity contribution is 0.102. The third-order valence-corrected chi connectivity index (χ3v) is 7.07. The van der Waals surface area contributed by atoms with Gasteiger partial charge in [-0.3, -0.25) is 4.79 Å². The average Bonchev–Trinajstić information content (AvgIpc) is 3.16. The number of carbonyl (C=O) groups excluding carboxylic acids is 1. The number of H-pyrrole nitrogens is 1. The Hall–Kier alpha value is -3.72. The fourth-order valence-corrected chi connectivity index (χ4v) is 4.10. The van der Waals surface area contributed by atoms with Gasteiger partial charge in [0.05, 0.1) is 27.7 Å². The number of nitrogens with zero attached hydrogens (tertiary/aromatic N) is 2. The summed E-state index contributed by atoms with van der Waals surface area (Å²) in [6.45, 7) is 3.30. The van der Waals surface area contributed by atoms with E-state index in [0.717, 1.165) is 0 Å². The standard InChI is InChI=1S/C22H21N5O3S/c1-13(2)31(29,30)17-9-5-14(6-10-17)18-11-24-21-20(26-18)19(12-25-21)27-22(28)15-3-7-16(23)8-4-15/h3-13H,23H2,1-2H3,(H,24,25)(H,27,28). The maximum atomic E-state index is 12.5. The van der Waals surface area contributed by atoms with Crippen LogP contribution in [0.25, 0.3) is 22.4 Å². The van der Waals surface area contributed by atoms with Crippen molar-refractivity contribution in [2.45, 2.75) is 24.0 Å². The number of nitrogens with two attached hydrogens (primary N) is 1. The zero-order chi connectivity index (χ0) is 22.2. The zero-order valence-corrected chi connectivity index (χ0v) is 17.8. The molecule has 0 aliphatic rings. The monoisotopic (exact) mass is 435 g/mol. The Balaban J connectivity index is 1.64. The summed E-state index contributed by atoms with van der Waals surface area (Å²) < 4.78 is 24.6. The van der Waals surface area contributed by atoms with Crippen molar-refractivity contribution in [2.24, 2.45) is 0 Å². The number of benzene rings is 2. The molecular formula is C22H21N5O3S. The molecule has 0 saturated carbocycles. The van der Waals surface area contributed by atoms with Crippen molar-refractivity contribution >= 4 is 38.3 Å². The van der Waals surface area contributed by atoms with Crippen LogP contribution in [0.15, 0.2) is 65.8 Å². The van der Waals surface area contributed by atoms with Gasteiger partial charge in [-0.1, -0.05) is 12.1 Å². The van der Waals surface area contributed by atoms with E-state index in [1.165, 1.54) is 0 Å². The lowest BCUT2D eigenvalue weighted by Gasteiger charge is -2.08. The van der Waals surface area contributed by atoms with E-state index in [0.29, 0.717) is 39.4 Å². The molecule has 1 amide bonds. The third-order valence-electron chi connectivity index (χ3n) is 4.90. The van der Waals surface area contributed by atoms with E-state index in [9.17, 15) is 13.2 Å². The number of fused-ring (bicyclic) bond motifs is 1. The second-order valence-corrected chi connectivity index (χ2v) is 9.85. The smallest absolute Gasteiger partial charge is 0.255 e. The zero-order valence-electron chi connectivity index (χ0n) is 17.0. The number of sulfone groups is 1. The maximum absolute atomic E-state index is 12.5. The van der Waals surface area contributed by atoms with Crippen molar-refractivity contribution in [2.75, 3.05) is 11.1 Å². The molecule has 9 heteroatoms. The Bertz CT molecular complexity index is 1360. The van der Waals surface area contributed by atoms with Crippen molar-refractivity contribution in [1.82, 2.24) is 15.0 Å². The lowest BCUT2D eigenvalue weighted by Crippen LogP contribution is -2.13. The molecular weight excluding hydrogens is 414 g/mol. The molecule has 31 heavy (non-hydrogen) atoms. The highest BCUT2D eigenvalue weighted by Gasteiger charge is 2.19. The molecule has 0 unspecified atom stereocenters. The highest BCUT2D eigenvalue weighted by Crippen LogP contribution is 2.26. The number of nitrogens with one attached hydrogen (secondary N) is 2. The van der Waals surface area contributed by atoms with Gasteiger partial charge in [0.2, 0.25) is 0 Å². The van der Waals surface area contributed by atoms with Gasteiger partial charge in [-0.05, 0) is 50.2 Å². The average molecular weight is 436 g/mol. The number of aromatic nitrogens is 3. The highest BCUT2D eigenvalue weighted by atomic mass is 32.2. The van der Waals surface area contributed by atoms with E-state index >= 15 is 0 Å². The van der Waals surface area contributed by atoms with Gasteiger partial charge in [-0.25, -0.2) is 18.4 Å². The molecule has 8 nitrogen and oxygen atoms in total. The molecule has 0 radical (unpaired) electrons. The molecule has 0 spiro atoms. The number of anilines is 2. The number of hydrogen-bond donors (Lipinski definition) is 3. The predicted octanol–water partition coefficient (Wildman–Crippen LogP) is 3.64. The number of aromatic amines is 1. The van der Waals surface area contributed by atoms with Crippen LogP contribution in [0.1, 0.15) is 24.2 Å². The number of amides is 1. The van der Waals surface area contributed by atoms with Gasteiger partial charge in [-0.15, -0.1) is 0 Å². The van der Waals surface area contributed by atoms with Crippen LogP contribution in [0.2, 0.25) is 0 Å². The van der Waals surface area contributed by atoms with Gasteiger partial charge < -0.3 is 16.0 Å². The topological polar surface area (TPSA) is 131 Å². The van der Waals surface area contributed by atoms with E-state index in [-0.39, 0.29) is 10.8 Å². The summed E-state index contributed by atoms with van der Waals surface area (Å²) in [6.07, 6.45) is 3.22. The normalized spacial score (nSPS) is 11.7. The van der Waals surface area contributed by atoms with Crippen molar-refractivity contribution in [3.63, 3.8) is 0 Å². The molecule has 2 heterocycles. The Morgan fingerprint density at radius 2 is 1.74 bits per heavy atom. The van der Waals surface area contributed by atoms with E-state index in [1.54, 1.807) is 74.8 Å². The molecule has 0 saturated heterocycles. The Morgan fingerprint density at radius 1 is 1.06 bits per heavy atom. The van der Waals surface area contributed by atoms with Crippen LogP contribution in [0.5, 0.6) is 0 Å². The molecule has 4 N–H and O–H groups in total. The lowest BCUT2D eigenvalue weighted by atomic mass is 10.1. The van der Waals surface area contributed by atoms with Gasteiger partial charge in [-0.2, -0.15) is 0 Å². The summed E-state index contributed by atoms with van der Waals surface area (Å²) in [5.74, 6) is -0.295. The maximum Gasteiger partial charge on any atom is 0.255 e. The van der Waals surface area contributed by atoms with Gasteiger partial charge >= 0.3 is 0 Å². The molecule has 0 aliphatic heterocycles. The largest absolute Gasteiger partial charge is 0.399 e. The third kappa shape index (κ3) is 3.99. The van der Waals surface area contributed by atoms with Gasteiger partial charge in [0.15, 0.2) is 15.5 Å². The van der Waals surface area contributed by atoms with Gasteiger partial charge in [0.25, 0.3) is 5.91 Å². The van der Waals surface area contributed by atoms with Crippen LogP contribution < -0.4 is 11.1 Å². The number of nitrogen functional groups attached to an aromatic ring is 1. The second kappa shape index (κ2) is 7.84. The molecule has 158 valence electrons. The van der Waals surface area contributed by atoms with Gasteiger partial charge in [0, 0.05) is 23.0 Å². The summed E-state index contributed by atoms with van der Waals surface area (Å²) in [4.78, 5) is 24.8. The summed E-state index contributed by atoms with van der Waals surface area (Å²) >= 11 is 0. The summed E-state index contributed by atoms with van der Waals surface area (Å²) in [5.41, 5.74) is 9.50. The van der Waals surface area contributed by atoms with E-state index in [2.05, 4.69) is 20.3 Å². The predicted molar refractivity (Wildman–Crippen MR) is 120 cm³/mol. The fourth-order valence-electron chi connectivity index (χ4n) is 3.04. The Labute approximate surface area is 179 Å². The van der Waals surface area contributed by atoms with Gasteiger partial charge in [0.1, 0.15) is 5.52 Å². The van der Waals surface area contributed by atoms with Crippen molar-refractivity contribution in [3.8, 4) is 11.3 Å². The van der Waals surface area contributed by atoms with Crippen molar-refractivity contribution in [3.05, 3.63) is 66.5 Å². The first-order valence-corrected chi connectivity index (χ1v) is 11.2. The minimum atomic E-state index is -3.35. The van der Waals surface area contributed by atoms with Crippen LogP contribution in [-0.2, 0) is 9.84 Å². The van der Waals surface area contributed by atoms with Crippen LogP contribution >= 0.6 is 0 Å². The van der Waals surface area contributed by atoms with E-state index in [1.807, 2.05) is 0 Å². The van der Waals surface area contributed by atoms with Crippen LogP contribution in [0.4, 0.5) is 11.4 Å². The molecule has 0 bridgehead atoms.